The van der Waals surface area contributed by atoms with Crippen LogP contribution in [0.3, 0.4) is 0 Å². The number of halogens is 2. The molecule has 2 aliphatic rings. The fourth-order valence-electron chi connectivity index (χ4n) is 3.02. The van der Waals surface area contributed by atoms with Gasteiger partial charge in [0.2, 0.25) is 5.91 Å². The molecule has 1 amide bonds. The van der Waals surface area contributed by atoms with E-state index in [1.807, 2.05) is 11.3 Å². The van der Waals surface area contributed by atoms with Gasteiger partial charge >= 0.3 is 0 Å². The molecule has 0 unspecified atom stereocenters. The third-order valence-corrected chi connectivity index (χ3v) is 5.30. The molecule has 1 fully saturated rings. The van der Waals surface area contributed by atoms with Gasteiger partial charge in [-0.2, -0.15) is 0 Å². The van der Waals surface area contributed by atoms with Crippen molar-refractivity contribution < 1.29 is 9.53 Å². The molecular weight excluding hydrogens is 357 g/mol. The molecule has 2 aliphatic heterocycles. The Hall–Kier alpha value is -0.370. The van der Waals surface area contributed by atoms with Gasteiger partial charge in [0.1, 0.15) is 6.10 Å². The Labute approximate surface area is 153 Å². The summed E-state index contributed by atoms with van der Waals surface area (Å²) in [4.78, 5) is 15.9. The van der Waals surface area contributed by atoms with Crippen LogP contribution in [-0.2, 0) is 22.5 Å². The summed E-state index contributed by atoms with van der Waals surface area (Å²) >= 11 is 1.85. The largest absolute Gasteiger partial charge is 0.364 e. The van der Waals surface area contributed by atoms with Crippen molar-refractivity contribution in [2.75, 3.05) is 26.2 Å². The lowest BCUT2D eigenvalue weighted by Gasteiger charge is -2.26. The summed E-state index contributed by atoms with van der Waals surface area (Å²) in [7, 11) is 0. The molecule has 1 aromatic rings. The summed E-state index contributed by atoms with van der Waals surface area (Å²) in [6, 6.07) is 2.21. The summed E-state index contributed by atoms with van der Waals surface area (Å²) in [5.41, 5.74) is 7.01. The number of thiophene rings is 1. The normalized spacial score (nSPS) is 23.5. The Bertz CT molecular complexity index is 501. The number of carbonyl (C=O) groups excluding carboxylic acids is 1. The van der Waals surface area contributed by atoms with Crippen LogP contribution in [0.2, 0.25) is 0 Å². The molecule has 2 atom stereocenters. The van der Waals surface area contributed by atoms with E-state index < -0.39 is 0 Å². The number of fused-ring (bicyclic) bond motifs is 1. The number of hydrogen-bond donors (Lipinski definition) is 2. The van der Waals surface area contributed by atoms with E-state index in [9.17, 15) is 4.79 Å². The van der Waals surface area contributed by atoms with Crippen molar-refractivity contribution in [3.05, 3.63) is 21.9 Å². The highest BCUT2D eigenvalue weighted by atomic mass is 35.5. The van der Waals surface area contributed by atoms with Gasteiger partial charge in [-0.3, -0.25) is 9.69 Å². The standard InChI is InChI=1S/C15H23N3O2S.2ClH/c16-9-12-1-2-13(20-12)15(19)17-5-7-18-6-3-14-11(10-18)4-8-21-14;;/h4,8,12-13H,1-3,5-7,9-10,16H2,(H,17,19);2*1H/t12-,13+;;/m1../s1. The van der Waals surface area contributed by atoms with Gasteiger partial charge in [0.05, 0.1) is 6.10 Å². The lowest BCUT2D eigenvalue weighted by molar-refractivity contribution is -0.131. The molecule has 0 radical (unpaired) electrons. The van der Waals surface area contributed by atoms with Gasteiger partial charge in [-0.15, -0.1) is 36.2 Å². The molecule has 132 valence electrons. The third kappa shape index (κ3) is 5.31. The molecule has 3 N–H and O–H groups in total. The van der Waals surface area contributed by atoms with E-state index >= 15 is 0 Å². The molecule has 3 rings (SSSR count). The first-order valence-electron chi connectivity index (χ1n) is 7.67. The zero-order valence-corrected chi connectivity index (χ0v) is 15.5. The first kappa shape index (κ1) is 20.7. The zero-order chi connectivity index (χ0) is 14.7. The average molecular weight is 382 g/mol. The van der Waals surface area contributed by atoms with E-state index in [1.54, 1.807) is 0 Å². The van der Waals surface area contributed by atoms with Gasteiger partial charge in [-0.25, -0.2) is 0 Å². The number of carbonyl (C=O) groups is 1. The first-order chi connectivity index (χ1) is 10.3. The van der Waals surface area contributed by atoms with Crippen molar-refractivity contribution in [1.29, 1.82) is 0 Å². The molecule has 23 heavy (non-hydrogen) atoms. The molecule has 0 bridgehead atoms. The predicted molar refractivity (Wildman–Crippen MR) is 97.8 cm³/mol. The summed E-state index contributed by atoms with van der Waals surface area (Å²) in [5.74, 6) is 0.0131. The van der Waals surface area contributed by atoms with Crippen molar-refractivity contribution in [2.24, 2.45) is 5.73 Å². The minimum atomic E-state index is -0.302. The van der Waals surface area contributed by atoms with Crippen molar-refractivity contribution in [3.63, 3.8) is 0 Å². The van der Waals surface area contributed by atoms with Crippen LogP contribution in [-0.4, -0.2) is 49.2 Å². The average Bonchev–Trinajstić information content (AvgIpc) is 3.15. The van der Waals surface area contributed by atoms with Crippen molar-refractivity contribution in [1.82, 2.24) is 10.2 Å². The lowest BCUT2D eigenvalue weighted by Crippen LogP contribution is -2.41. The second kappa shape index (κ2) is 9.81. The molecule has 0 saturated carbocycles. The fourth-order valence-corrected chi connectivity index (χ4v) is 3.91. The van der Waals surface area contributed by atoms with Gasteiger partial charge < -0.3 is 15.8 Å². The minimum absolute atomic E-state index is 0. The summed E-state index contributed by atoms with van der Waals surface area (Å²) in [6.45, 7) is 4.17. The predicted octanol–water partition coefficient (Wildman–Crippen LogP) is 1.57. The minimum Gasteiger partial charge on any atom is -0.364 e. The van der Waals surface area contributed by atoms with Gasteiger partial charge in [0, 0.05) is 37.6 Å². The second-order valence-electron chi connectivity index (χ2n) is 5.75. The van der Waals surface area contributed by atoms with Crippen LogP contribution in [0.25, 0.3) is 0 Å². The molecule has 1 saturated heterocycles. The second-order valence-corrected chi connectivity index (χ2v) is 6.75. The van der Waals surface area contributed by atoms with Crippen molar-refractivity contribution in [3.8, 4) is 0 Å². The van der Waals surface area contributed by atoms with Crippen LogP contribution >= 0.6 is 36.2 Å². The van der Waals surface area contributed by atoms with Crippen LogP contribution < -0.4 is 11.1 Å². The number of hydrogen-bond acceptors (Lipinski definition) is 5. The highest BCUT2D eigenvalue weighted by molar-refractivity contribution is 7.10. The Balaban J connectivity index is 0.00000132. The molecule has 0 aromatic carbocycles. The number of ether oxygens (including phenoxy) is 1. The molecule has 3 heterocycles. The number of nitrogens with one attached hydrogen (secondary N) is 1. The Kier molecular flexibility index (Phi) is 8.82. The monoisotopic (exact) mass is 381 g/mol. The number of nitrogens with zero attached hydrogens (tertiary/aromatic N) is 1. The molecule has 0 aliphatic carbocycles. The Morgan fingerprint density at radius 3 is 3.00 bits per heavy atom. The number of nitrogens with two attached hydrogens (primary N) is 1. The maximum absolute atomic E-state index is 12.0. The van der Waals surface area contributed by atoms with E-state index in [0.29, 0.717) is 13.1 Å². The van der Waals surface area contributed by atoms with E-state index in [4.69, 9.17) is 10.5 Å². The van der Waals surface area contributed by atoms with Crippen molar-refractivity contribution >= 4 is 42.1 Å². The first-order valence-corrected chi connectivity index (χ1v) is 8.55. The van der Waals surface area contributed by atoms with Crippen LogP contribution in [0.1, 0.15) is 23.3 Å². The Morgan fingerprint density at radius 1 is 1.43 bits per heavy atom. The lowest BCUT2D eigenvalue weighted by atomic mass is 10.1. The topological polar surface area (TPSA) is 67.6 Å². The number of rotatable bonds is 5. The summed E-state index contributed by atoms with van der Waals surface area (Å²) in [5, 5.41) is 5.16. The maximum Gasteiger partial charge on any atom is 0.249 e. The number of amides is 1. The third-order valence-electron chi connectivity index (χ3n) is 4.28. The molecular formula is C15H25Cl2N3O2S. The van der Waals surface area contributed by atoms with Gasteiger partial charge in [-0.1, -0.05) is 0 Å². The fraction of sp³-hybridized carbons (Fsp3) is 0.667. The quantitative estimate of drug-likeness (QED) is 0.812. The van der Waals surface area contributed by atoms with Crippen molar-refractivity contribution in [2.45, 2.75) is 38.0 Å². The van der Waals surface area contributed by atoms with Crippen LogP contribution in [0.15, 0.2) is 11.4 Å². The van der Waals surface area contributed by atoms with Gasteiger partial charge in [0.25, 0.3) is 0 Å². The van der Waals surface area contributed by atoms with E-state index in [2.05, 4.69) is 21.7 Å². The molecule has 1 aromatic heterocycles. The molecule has 5 nitrogen and oxygen atoms in total. The van der Waals surface area contributed by atoms with E-state index in [0.717, 1.165) is 38.9 Å². The van der Waals surface area contributed by atoms with E-state index in [1.165, 1.54) is 10.4 Å². The zero-order valence-electron chi connectivity index (χ0n) is 13.0. The van der Waals surface area contributed by atoms with Crippen LogP contribution in [0.5, 0.6) is 0 Å². The Morgan fingerprint density at radius 2 is 2.26 bits per heavy atom. The van der Waals surface area contributed by atoms with E-state index in [-0.39, 0.29) is 42.9 Å². The smallest absolute Gasteiger partial charge is 0.249 e. The van der Waals surface area contributed by atoms with Gasteiger partial charge in [-0.05, 0) is 36.3 Å². The highest BCUT2D eigenvalue weighted by Crippen LogP contribution is 2.23. The maximum atomic E-state index is 12.0. The van der Waals surface area contributed by atoms with Crippen LogP contribution in [0.4, 0.5) is 0 Å². The molecule has 0 spiro atoms. The van der Waals surface area contributed by atoms with Crippen LogP contribution in [0, 0.1) is 0 Å². The SMILES string of the molecule is Cl.Cl.NC[C@H]1CC[C@@H](C(=O)NCCN2CCc3sccc3C2)O1. The highest BCUT2D eigenvalue weighted by Gasteiger charge is 2.29. The molecule has 8 heteroatoms. The van der Waals surface area contributed by atoms with Gasteiger partial charge in [0.15, 0.2) is 0 Å². The summed E-state index contributed by atoms with van der Waals surface area (Å²) in [6.07, 6.45) is 2.56. The summed E-state index contributed by atoms with van der Waals surface area (Å²) < 4.78 is 5.60.